The number of benzene rings is 1. The molecule has 0 unspecified atom stereocenters. The van der Waals surface area contributed by atoms with Crippen molar-refractivity contribution >= 4 is 36.9 Å². The normalized spacial score (nSPS) is 9.83. The van der Waals surface area contributed by atoms with Crippen LogP contribution in [0.5, 0.6) is 5.75 Å². The number of hydrogen-bond donors (Lipinski definition) is 0. The van der Waals surface area contributed by atoms with Gasteiger partial charge in [-0.05, 0) is 30.2 Å². The summed E-state index contributed by atoms with van der Waals surface area (Å²) in [4.78, 5) is 11.5. The number of esters is 1. The van der Waals surface area contributed by atoms with E-state index in [1.165, 1.54) is 31.8 Å². The van der Waals surface area contributed by atoms with Gasteiger partial charge in [-0.1, -0.05) is 51.2 Å². The third-order valence-corrected chi connectivity index (χ3v) is 3.27. The van der Waals surface area contributed by atoms with E-state index >= 15 is 0 Å². The van der Waals surface area contributed by atoms with Gasteiger partial charge in [0.2, 0.25) is 0 Å². The Morgan fingerprint density at radius 1 is 1.00 bits per heavy atom. The molecule has 23 heavy (non-hydrogen) atoms. The van der Waals surface area contributed by atoms with Crippen molar-refractivity contribution in [3.63, 3.8) is 0 Å². The summed E-state index contributed by atoms with van der Waals surface area (Å²) in [6, 6.07) is 7.52. The molecule has 5 heteroatoms. The Balaban J connectivity index is 0. The highest BCUT2D eigenvalue weighted by atomic mass is 35.5. The Labute approximate surface area is 152 Å². The van der Waals surface area contributed by atoms with Gasteiger partial charge in [-0.15, -0.1) is 24.8 Å². The molecule has 1 rings (SSSR count). The summed E-state index contributed by atoms with van der Waals surface area (Å²) in [7, 11) is 1.63. The van der Waals surface area contributed by atoms with E-state index < -0.39 is 0 Å². The first-order valence-electron chi connectivity index (χ1n) is 7.75. The molecule has 0 heterocycles. The summed E-state index contributed by atoms with van der Waals surface area (Å²) in [6.07, 6.45) is 10.4. The first kappa shape index (κ1) is 24.1. The molecule has 132 valence electrons. The second kappa shape index (κ2) is 15.7. The Morgan fingerprint density at radius 3 is 2.22 bits per heavy atom. The maximum Gasteiger partial charge on any atom is 0.330 e. The van der Waals surface area contributed by atoms with Crippen LogP contribution in [0.15, 0.2) is 30.3 Å². The van der Waals surface area contributed by atoms with E-state index in [0.717, 1.165) is 24.2 Å². The maximum atomic E-state index is 11.5. The number of halogens is 2. The van der Waals surface area contributed by atoms with Crippen molar-refractivity contribution in [2.75, 3.05) is 13.7 Å². The largest absolute Gasteiger partial charge is 0.497 e. The molecule has 0 fully saturated rings. The average Bonchev–Trinajstić information content (AvgIpc) is 2.52. The molecule has 0 aromatic heterocycles. The highest BCUT2D eigenvalue weighted by molar-refractivity contribution is 5.87. The third kappa shape index (κ3) is 12.0. The molecule has 0 bridgehead atoms. The number of ether oxygens (including phenoxy) is 2. The SMILES string of the molecule is CCCCCCCCOC(=O)C=Cc1ccc(OC)cc1.Cl.Cl. The second-order valence-electron chi connectivity index (χ2n) is 5.04. The van der Waals surface area contributed by atoms with Crippen LogP contribution in [0, 0.1) is 0 Å². The molecule has 0 saturated heterocycles. The molecule has 3 nitrogen and oxygen atoms in total. The van der Waals surface area contributed by atoms with Gasteiger partial charge in [0, 0.05) is 6.08 Å². The number of rotatable bonds is 10. The highest BCUT2D eigenvalue weighted by Gasteiger charge is 1.97. The molecule has 0 atom stereocenters. The van der Waals surface area contributed by atoms with Crippen LogP contribution in [0.4, 0.5) is 0 Å². The van der Waals surface area contributed by atoms with Crippen molar-refractivity contribution in [3.8, 4) is 5.75 Å². The molecule has 0 saturated carbocycles. The fourth-order valence-electron chi connectivity index (χ4n) is 1.98. The quantitative estimate of drug-likeness (QED) is 0.315. The van der Waals surface area contributed by atoms with Gasteiger partial charge in [-0.25, -0.2) is 4.79 Å². The fraction of sp³-hybridized carbons (Fsp3) is 0.500. The summed E-state index contributed by atoms with van der Waals surface area (Å²) in [5.41, 5.74) is 0.951. The summed E-state index contributed by atoms with van der Waals surface area (Å²) in [5, 5.41) is 0. The Kier molecular flexibility index (Phi) is 16.4. The average molecular weight is 363 g/mol. The van der Waals surface area contributed by atoms with Crippen molar-refractivity contribution in [2.24, 2.45) is 0 Å². The third-order valence-electron chi connectivity index (χ3n) is 3.27. The zero-order chi connectivity index (χ0) is 15.3. The molecule has 0 aliphatic rings. The van der Waals surface area contributed by atoms with Crippen molar-refractivity contribution in [2.45, 2.75) is 45.4 Å². The maximum absolute atomic E-state index is 11.5. The summed E-state index contributed by atoms with van der Waals surface area (Å²) in [6.45, 7) is 2.72. The van der Waals surface area contributed by atoms with Crippen molar-refractivity contribution in [3.05, 3.63) is 35.9 Å². The predicted molar refractivity (Wildman–Crippen MR) is 101 cm³/mol. The number of methoxy groups -OCH3 is 1. The predicted octanol–water partition coefficient (Wildman–Crippen LogP) is 5.46. The molecule has 1 aromatic rings. The van der Waals surface area contributed by atoms with E-state index in [1.807, 2.05) is 24.3 Å². The smallest absolute Gasteiger partial charge is 0.330 e. The van der Waals surface area contributed by atoms with E-state index in [0.29, 0.717) is 6.61 Å². The van der Waals surface area contributed by atoms with Gasteiger partial charge in [-0.3, -0.25) is 0 Å². The molecule has 0 aliphatic heterocycles. The van der Waals surface area contributed by atoms with E-state index in [-0.39, 0.29) is 30.8 Å². The van der Waals surface area contributed by atoms with Gasteiger partial charge < -0.3 is 9.47 Å². The van der Waals surface area contributed by atoms with E-state index in [2.05, 4.69) is 6.92 Å². The molecule has 0 aliphatic carbocycles. The molecule has 0 radical (unpaired) electrons. The second-order valence-corrected chi connectivity index (χ2v) is 5.04. The molecule has 0 spiro atoms. The lowest BCUT2D eigenvalue weighted by Crippen LogP contribution is -2.02. The molecular formula is C18H28Cl2O3. The van der Waals surface area contributed by atoms with Crippen LogP contribution in [0.3, 0.4) is 0 Å². The Bertz CT molecular complexity index is 430. The van der Waals surface area contributed by atoms with Gasteiger partial charge in [0.05, 0.1) is 13.7 Å². The standard InChI is InChI=1S/C18H26O3.2ClH/c1-3-4-5-6-7-8-15-21-18(19)14-11-16-9-12-17(20-2)13-10-16;;/h9-14H,3-8,15H2,1-2H3;2*1H. The van der Waals surface area contributed by atoms with Gasteiger partial charge in [0.15, 0.2) is 0 Å². The van der Waals surface area contributed by atoms with Crippen LogP contribution >= 0.6 is 24.8 Å². The monoisotopic (exact) mass is 362 g/mol. The number of carbonyl (C=O) groups excluding carboxylic acids is 1. The molecule has 1 aromatic carbocycles. The minimum absolute atomic E-state index is 0. The van der Waals surface area contributed by atoms with Crippen LogP contribution in [0.2, 0.25) is 0 Å². The van der Waals surface area contributed by atoms with E-state index in [4.69, 9.17) is 9.47 Å². The van der Waals surface area contributed by atoms with Gasteiger partial charge in [0.25, 0.3) is 0 Å². The molecule has 0 amide bonds. The van der Waals surface area contributed by atoms with Crippen LogP contribution < -0.4 is 4.74 Å². The van der Waals surface area contributed by atoms with Crippen LogP contribution in [-0.2, 0) is 9.53 Å². The zero-order valence-corrected chi connectivity index (χ0v) is 15.6. The van der Waals surface area contributed by atoms with E-state index in [1.54, 1.807) is 13.2 Å². The summed E-state index contributed by atoms with van der Waals surface area (Å²) >= 11 is 0. The fourth-order valence-corrected chi connectivity index (χ4v) is 1.98. The number of hydrogen-bond acceptors (Lipinski definition) is 3. The minimum Gasteiger partial charge on any atom is -0.497 e. The first-order valence-corrected chi connectivity index (χ1v) is 7.75. The van der Waals surface area contributed by atoms with Crippen LogP contribution in [-0.4, -0.2) is 19.7 Å². The lowest BCUT2D eigenvalue weighted by Gasteiger charge is -2.02. The van der Waals surface area contributed by atoms with Crippen molar-refractivity contribution in [1.29, 1.82) is 0 Å². The molecular weight excluding hydrogens is 335 g/mol. The van der Waals surface area contributed by atoms with Crippen molar-refractivity contribution < 1.29 is 14.3 Å². The highest BCUT2D eigenvalue weighted by Crippen LogP contribution is 2.12. The number of unbranched alkanes of at least 4 members (excludes halogenated alkanes) is 5. The van der Waals surface area contributed by atoms with Crippen LogP contribution in [0.1, 0.15) is 51.0 Å². The Hall–Kier alpha value is -1.19. The first-order chi connectivity index (χ1) is 10.3. The Morgan fingerprint density at radius 2 is 1.61 bits per heavy atom. The molecule has 0 N–H and O–H groups in total. The van der Waals surface area contributed by atoms with E-state index in [9.17, 15) is 4.79 Å². The topological polar surface area (TPSA) is 35.5 Å². The lowest BCUT2D eigenvalue weighted by atomic mass is 10.1. The van der Waals surface area contributed by atoms with Gasteiger partial charge in [-0.2, -0.15) is 0 Å². The lowest BCUT2D eigenvalue weighted by molar-refractivity contribution is -0.137. The van der Waals surface area contributed by atoms with Crippen LogP contribution in [0.25, 0.3) is 6.08 Å². The van der Waals surface area contributed by atoms with Gasteiger partial charge in [0.1, 0.15) is 5.75 Å². The number of carbonyl (C=O) groups is 1. The van der Waals surface area contributed by atoms with Crippen molar-refractivity contribution in [1.82, 2.24) is 0 Å². The minimum atomic E-state index is -0.278. The summed E-state index contributed by atoms with van der Waals surface area (Å²) in [5.74, 6) is 0.525. The summed E-state index contributed by atoms with van der Waals surface area (Å²) < 4.78 is 10.2. The zero-order valence-electron chi connectivity index (χ0n) is 14.0. The van der Waals surface area contributed by atoms with Gasteiger partial charge >= 0.3 is 5.97 Å².